The third kappa shape index (κ3) is 13.5. The number of azo groups is 2. The lowest BCUT2D eigenvalue weighted by Crippen LogP contribution is -2.32. The minimum Gasteiger partial charge on any atom is -0.324 e. The van der Waals surface area contributed by atoms with Crippen LogP contribution in [-0.2, 0) is 25.6 Å². The summed E-state index contributed by atoms with van der Waals surface area (Å²) in [6.45, 7) is 5.94. The van der Waals surface area contributed by atoms with Gasteiger partial charge in [0.1, 0.15) is 11.4 Å². The van der Waals surface area contributed by atoms with Gasteiger partial charge in [-0.2, -0.15) is 20.5 Å². The number of Topliss-reactive ketones (excluding diaryl/α,β-unsaturated/α-hetero) is 2. The van der Waals surface area contributed by atoms with Gasteiger partial charge in [0.2, 0.25) is 12.1 Å². The van der Waals surface area contributed by atoms with E-state index in [0.29, 0.717) is 16.9 Å². The fraction of sp³-hybridized carbons (Fsp3) is 0.217. The number of aryl methyl sites for hydroxylation is 1. The van der Waals surface area contributed by atoms with Gasteiger partial charge in [0.05, 0.1) is 31.9 Å². The van der Waals surface area contributed by atoms with Gasteiger partial charge in [-0.05, 0) is 118 Å². The van der Waals surface area contributed by atoms with Crippen molar-refractivity contribution in [1.29, 1.82) is 0 Å². The number of halogens is 5. The summed E-state index contributed by atoms with van der Waals surface area (Å²) in [5, 5.41) is 26.2. The molecule has 5 aromatic carbocycles. The molecule has 4 amide bonds. The summed E-state index contributed by atoms with van der Waals surface area (Å²) in [4.78, 5) is 78.5. The lowest BCUT2D eigenvalue weighted by molar-refractivity contribution is -0.127. The highest BCUT2D eigenvalue weighted by Gasteiger charge is 2.27. The second-order valence-electron chi connectivity index (χ2n) is 14.4. The Morgan fingerprint density at radius 2 is 0.985 bits per heavy atom. The zero-order valence-electron chi connectivity index (χ0n) is 35.2. The quantitative estimate of drug-likeness (QED) is 0.0382. The topological polar surface area (TPSA) is 200 Å². The van der Waals surface area contributed by atoms with Gasteiger partial charge in [0, 0.05) is 28.6 Å². The standard InChI is InChI=1S/C46H41Cl5N8O6/c1-24(48)28-9-5-11-31(21-28)52-43(62)34-13-7-15-37(39(34)50)56-58-41(26(3)60)45(64)54-33-17-18-36(30(23-33)19-20-47)55-46(65)42(27(4)61)59-57-38-16-8-14-35(40(38)51)44(63)53-32-12-6-10-29(22-32)25(2)49/h5-18,21-25,41-42H,19-20H2,1-4H3,(H,52,62)(H,53,63)(H,54,64)(H,55,65). The van der Waals surface area contributed by atoms with Gasteiger partial charge in [-0.1, -0.05) is 59.6 Å². The van der Waals surface area contributed by atoms with Crippen LogP contribution in [0.25, 0.3) is 0 Å². The Morgan fingerprint density at radius 1 is 0.554 bits per heavy atom. The van der Waals surface area contributed by atoms with Gasteiger partial charge in [-0.3, -0.25) is 28.8 Å². The summed E-state index contributed by atoms with van der Waals surface area (Å²) in [5.74, 6) is -3.91. The van der Waals surface area contributed by atoms with E-state index in [-0.39, 0.29) is 67.0 Å². The van der Waals surface area contributed by atoms with Crippen LogP contribution in [0.1, 0.15) is 75.9 Å². The van der Waals surface area contributed by atoms with Gasteiger partial charge in [-0.15, -0.1) is 34.8 Å². The van der Waals surface area contributed by atoms with Crippen LogP contribution >= 0.6 is 58.0 Å². The second kappa shape index (κ2) is 23.2. The summed E-state index contributed by atoms with van der Waals surface area (Å²) >= 11 is 31.6. The first-order valence-electron chi connectivity index (χ1n) is 19.8. The molecule has 5 aromatic rings. The van der Waals surface area contributed by atoms with Crippen LogP contribution in [0, 0.1) is 0 Å². The molecule has 0 saturated carbocycles. The van der Waals surface area contributed by atoms with E-state index < -0.39 is 47.3 Å². The molecule has 0 aromatic heterocycles. The van der Waals surface area contributed by atoms with Crippen LogP contribution in [-0.4, -0.2) is 53.2 Å². The highest BCUT2D eigenvalue weighted by Crippen LogP contribution is 2.33. The molecule has 14 nitrogen and oxygen atoms in total. The molecule has 336 valence electrons. The predicted molar refractivity (Wildman–Crippen MR) is 256 cm³/mol. The molecule has 19 heteroatoms. The average Bonchev–Trinajstić information content (AvgIpc) is 3.25. The Balaban J connectivity index is 1.27. The summed E-state index contributed by atoms with van der Waals surface area (Å²) in [6, 6.07) is 24.2. The fourth-order valence-corrected chi connectivity index (χ4v) is 7.03. The van der Waals surface area contributed by atoms with Crippen LogP contribution in [0.5, 0.6) is 0 Å². The number of nitrogens with one attached hydrogen (secondary N) is 4. The number of ketones is 2. The molecule has 65 heavy (non-hydrogen) atoms. The van der Waals surface area contributed by atoms with Crippen molar-refractivity contribution >= 4 is 127 Å². The molecule has 0 spiro atoms. The Morgan fingerprint density at radius 3 is 1.42 bits per heavy atom. The van der Waals surface area contributed by atoms with Gasteiger partial charge in [-0.25, -0.2) is 0 Å². The molecule has 5 rings (SSSR count). The molecular formula is C46H41Cl5N8O6. The number of alkyl halides is 3. The van der Waals surface area contributed by atoms with Crippen molar-refractivity contribution in [2.75, 3.05) is 27.1 Å². The number of carbonyl (C=O) groups excluding carboxylic acids is 6. The smallest absolute Gasteiger partial charge is 0.258 e. The Bertz CT molecular complexity index is 2690. The highest BCUT2D eigenvalue weighted by molar-refractivity contribution is 6.37. The molecule has 0 radical (unpaired) electrons. The number of hydrogen-bond acceptors (Lipinski definition) is 10. The van der Waals surface area contributed by atoms with Gasteiger partial charge in [0.25, 0.3) is 23.6 Å². The molecule has 4 unspecified atom stereocenters. The SMILES string of the molecule is CC(=O)C(N=Nc1cccc(C(=O)Nc2cccc(C(C)Cl)c2)c1Cl)C(=O)Nc1ccc(NC(=O)C(N=Nc2cccc(C(=O)Nc3cccc(C(C)Cl)c3)c2Cl)C(C)=O)c(CCCl)c1. The third-order valence-electron chi connectivity index (χ3n) is 9.48. The maximum atomic E-state index is 13.5. The first-order valence-corrected chi connectivity index (χ1v) is 21.9. The van der Waals surface area contributed by atoms with Gasteiger partial charge >= 0.3 is 0 Å². The molecule has 0 saturated heterocycles. The van der Waals surface area contributed by atoms with Crippen LogP contribution in [0.2, 0.25) is 10.0 Å². The summed E-state index contributed by atoms with van der Waals surface area (Å²) in [6.07, 6.45) is 0.211. The minimum absolute atomic E-state index is 0.0344. The van der Waals surface area contributed by atoms with E-state index in [1.807, 2.05) is 12.1 Å². The van der Waals surface area contributed by atoms with Crippen molar-refractivity contribution in [2.45, 2.75) is 57.0 Å². The Hall–Kier alpha value is -6.03. The maximum Gasteiger partial charge on any atom is 0.258 e. The molecule has 0 fully saturated rings. The maximum absolute atomic E-state index is 13.5. The van der Waals surface area contributed by atoms with E-state index in [0.717, 1.165) is 25.0 Å². The predicted octanol–water partition coefficient (Wildman–Crippen LogP) is 12.2. The van der Waals surface area contributed by atoms with E-state index in [9.17, 15) is 28.8 Å². The van der Waals surface area contributed by atoms with Crippen molar-refractivity contribution in [2.24, 2.45) is 20.5 Å². The number of rotatable bonds is 18. The van der Waals surface area contributed by atoms with Crippen molar-refractivity contribution < 1.29 is 28.8 Å². The fourth-order valence-electron chi connectivity index (χ4n) is 6.06. The van der Waals surface area contributed by atoms with E-state index in [2.05, 4.69) is 41.7 Å². The zero-order chi connectivity index (χ0) is 47.4. The minimum atomic E-state index is -1.62. The average molecular weight is 979 g/mol. The van der Waals surface area contributed by atoms with Gasteiger partial charge < -0.3 is 21.3 Å². The first kappa shape index (κ1) is 50.0. The molecule has 0 heterocycles. The number of anilines is 4. The molecule has 0 aliphatic heterocycles. The number of carbonyl (C=O) groups is 6. The number of benzene rings is 5. The van der Waals surface area contributed by atoms with E-state index in [1.165, 1.54) is 54.6 Å². The Kier molecular flexibility index (Phi) is 17.9. The number of nitrogens with zero attached hydrogens (tertiary/aromatic N) is 4. The molecule has 0 aliphatic rings. The number of amides is 4. The lowest BCUT2D eigenvalue weighted by atomic mass is 10.1. The zero-order valence-corrected chi connectivity index (χ0v) is 38.9. The van der Waals surface area contributed by atoms with Crippen molar-refractivity contribution in [1.82, 2.24) is 0 Å². The summed E-state index contributed by atoms with van der Waals surface area (Å²) in [7, 11) is 0. The van der Waals surface area contributed by atoms with Crippen molar-refractivity contribution in [3.8, 4) is 0 Å². The first-order chi connectivity index (χ1) is 31.0. The van der Waals surface area contributed by atoms with Crippen LogP contribution < -0.4 is 21.3 Å². The number of hydrogen-bond donors (Lipinski definition) is 4. The molecular weight excluding hydrogens is 938 g/mol. The summed E-state index contributed by atoms with van der Waals surface area (Å²) < 4.78 is 0. The normalized spacial score (nSPS) is 13.1. The lowest BCUT2D eigenvalue weighted by Gasteiger charge is -2.16. The molecule has 0 bridgehead atoms. The monoisotopic (exact) mass is 976 g/mol. The Labute approximate surface area is 399 Å². The van der Waals surface area contributed by atoms with Crippen molar-refractivity contribution in [3.05, 3.63) is 141 Å². The van der Waals surface area contributed by atoms with Crippen LogP contribution in [0.3, 0.4) is 0 Å². The van der Waals surface area contributed by atoms with Crippen LogP contribution in [0.4, 0.5) is 34.1 Å². The molecule has 4 atom stereocenters. The second-order valence-corrected chi connectivity index (χ2v) is 16.9. The highest BCUT2D eigenvalue weighted by atomic mass is 35.5. The third-order valence-corrected chi connectivity index (χ3v) is 11.0. The summed E-state index contributed by atoms with van der Waals surface area (Å²) in [5.41, 5.74) is 3.76. The molecule has 4 N–H and O–H groups in total. The van der Waals surface area contributed by atoms with Crippen LogP contribution in [0.15, 0.2) is 124 Å². The van der Waals surface area contributed by atoms with E-state index >= 15 is 0 Å². The molecule has 0 aliphatic carbocycles. The van der Waals surface area contributed by atoms with E-state index in [4.69, 9.17) is 58.0 Å². The largest absolute Gasteiger partial charge is 0.324 e. The van der Waals surface area contributed by atoms with Crippen molar-refractivity contribution in [3.63, 3.8) is 0 Å². The van der Waals surface area contributed by atoms with E-state index in [1.54, 1.807) is 50.2 Å². The van der Waals surface area contributed by atoms with Gasteiger partial charge in [0.15, 0.2) is 11.6 Å².